The van der Waals surface area contributed by atoms with Crippen LogP contribution in [0.15, 0.2) is 46.9 Å². The molecule has 0 radical (unpaired) electrons. The molecule has 0 atom stereocenters. The Morgan fingerprint density at radius 3 is 2.56 bits per heavy atom. The molecule has 0 aliphatic heterocycles. The molecule has 170 valence electrons. The maximum Gasteiger partial charge on any atom is 0.413 e. The van der Waals surface area contributed by atoms with Crippen LogP contribution in [0.2, 0.25) is 10.0 Å². The number of nitrogens with one attached hydrogen (secondary N) is 1. The third-order valence-corrected chi connectivity index (χ3v) is 5.43. The van der Waals surface area contributed by atoms with Gasteiger partial charge in [0.25, 0.3) is 0 Å². The normalized spacial score (nSPS) is 11.3. The molecule has 0 spiro atoms. The molecule has 9 heteroatoms. The van der Waals surface area contributed by atoms with Gasteiger partial charge in [0, 0.05) is 37.4 Å². The molecule has 2 aromatic carbocycles. The van der Waals surface area contributed by atoms with Crippen molar-refractivity contribution in [1.29, 1.82) is 0 Å². The van der Waals surface area contributed by atoms with Crippen LogP contribution in [0.3, 0.4) is 0 Å². The monoisotopic (exact) mass is 539 g/mol. The van der Waals surface area contributed by atoms with Gasteiger partial charge in [0.15, 0.2) is 5.82 Å². The summed E-state index contributed by atoms with van der Waals surface area (Å²) in [6, 6.07) is 12.9. The Morgan fingerprint density at radius 1 is 1.12 bits per heavy atom. The second kappa shape index (κ2) is 10.1. The molecular weight excluding hydrogens is 517 g/mol. The van der Waals surface area contributed by atoms with E-state index in [0.29, 0.717) is 34.8 Å². The summed E-state index contributed by atoms with van der Waals surface area (Å²) in [5.41, 5.74) is 2.04. The first-order chi connectivity index (χ1) is 15.0. The van der Waals surface area contributed by atoms with Crippen LogP contribution in [-0.2, 0) is 17.9 Å². The number of halogens is 3. The summed E-state index contributed by atoms with van der Waals surface area (Å²) in [6.07, 6.45) is -0.548. The second-order valence-electron chi connectivity index (χ2n) is 8.23. The third-order valence-electron chi connectivity index (χ3n) is 4.35. The van der Waals surface area contributed by atoms with Gasteiger partial charge in [-0.3, -0.25) is 10.00 Å². The van der Waals surface area contributed by atoms with Crippen molar-refractivity contribution in [2.45, 2.75) is 46.4 Å². The van der Waals surface area contributed by atoms with Crippen molar-refractivity contribution in [3.05, 3.63) is 73.8 Å². The van der Waals surface area contributed by atoms with E-state index >= 15 is 0 Å². The molecule has 0 bridgehead atoms. The molecule has 1 heterocycles. The van der Waals surface area contributed by atoms with Crippen molar-refractivity contribution in [2.75, 3.05) is 5.32 Å². The van der Waals surface area contributed by atoms with E-state index in [-0.39, 0.29) is 0 Å². The number of carbonyl (C=O) groups is 1. The van der Waals surface area contributed by atoms with E-state index in [0.717, 1.165) is 21.3 Å². The Labute approximate surface area is 205 Å². The first kappa shape index (κ1) is 24.4. The quantitative estimate of drug-likeness (QED) is 0.358. The highest BCUT2D eigenvalue weighted by Gasteiger charge is 2.18. The number of rotatable bonds is 6. The minimum atomic E-state index is -0.586. The van der Waals surface area contributed by atoms with Crippen LogP contribution >= 0.6 is 39.1 Å². The van der Waals surface area contributed by atoms with Crippen LogP contribution in [0, 0.1) is 6.92 Å². The largest absolute Gasteiger partial charge is 0.488 e. The fourth-order valence-corrected chi connectivity index (χ4v) is 3.78. The smallest absolute Gasteiger partial charge is 0.413 e. The molecule has 0 saturated carbocycles. The number of hydrogen-bond acceptors (Lipinski definition) is 4. The first-order valence-corrected chi connectivity index (χ1v) is 11.4. The van der Waals surface area contributed by atoms with Gasteiger partial charge in [0.05, 0.1) is 6.54 Å². The third kappa shape index (κ3) is 6.89. The van der Waals surface area contributed by atoms with Gasteiger partial charge in [-0.2, -0.15) is 5.10 Å². The van der Waals surface area contributed by atoms with E-state index in [1.165, 1.54) is 0 Å². The summed E-state index contributed by atoms with van der Waals surface area (Å²) >= 11 is 15.8. The second-order valence-corrected chi connectivity index (χ2v) is 9.99. The lowest BCUT2D eigenvalue weighted by Crippen LogP contribution is -2.27. The minimum Gasteiger partial charge on any atom is -0.488 e. The highest BCUT2D eigenvalue weighted by molar-refractivity contribution is 9.10. The van der Waals surface area contributed by atoms with Gasteiger partial charge in [0.2, 0.25) is 0 Å². The number of anilines is 1. The number of aromatic nitrogens is 2. The molecule has 0 unspecified atom stereocenters. The van der Waals surface area contributed by atoms with E-state index in [9.17, 15) is 4.79 Å². The Balaban J connectivity index is 1.75. The average Bonchev–Trinajstić information content (AvgIpc) is 2.99. The lowest BCUT2D eigenvalue weighted by molar-refractivity contribution is 0.0635. The molecule has 1 amide bonds. The standard InChI is InChI=1S/C23H24BrCl2N3O3/c1-14-9-21(27-22(30)32-23(2,3)4)28-29(14)12-16-10-17(24)6-8-20(16)31-13-15-5-7-18(25)11-19(15)26/h5-11H,12-13H2,1-4H3,(H,27,28,30). The Morgan fingerprint density at radius 2 is 1.88 bits per heavy atom. The van der Waals surface area contributed by atoms with Gasteiger partial charge >= 0.3 is 6.09 Å². The van der Waals surface area contributed by atoms with Gasteiger partial charge in [0.1, 0.15) is 18.0 Å². The van der Waals surface area contributed by atoms with Crippen LogP contribution in [0.25, 0.3) is 0 Å². The molecule has 0 fully saturated rings. The van der Waals surface area contributed by atoms with Gasteiger partial charge in [-0.25, -0.2) is 4.79 Å². The SMILES string of the molecule is Cc1cc(NC(=O)OC(C)(C)C)nn1Cc1cc(Br)ccc1OCc1ccc(Cl)cc1Cl. The predicted molar refractivity (Wildman–Crippen MR) is 131 cm³/mol. The van der Waals surface area contributed by atoms with Crippen molar-refractivity contribution in [2.24, 2.45) is 0 Å². The lowest BCUT2D eigenvalue weighted by atomic mass is 10.2. The molecule has 0 aliphatic rings. The molecule has 3 rings (SSSR count). The van der Waals surface area contributed by atoms with Crippen LogP contribution in [-0.4, -0.2) is 21.5 Å². The highest BCUT2D eigenvalue weighted by atomic mass is 79.9. The van der Waals surface area contributed by atoms with Gasteiger partial charge in [-0.1, -0.05) is 45.2 Å². The van der Waals surface area contributed by atoms with E-state index in [4.69, 9.17) is 32.7 Å². The van der Waals surface area contributed by atoms with Crippen molar-refractivity contribution in [1.82, 2.24) is 9.78 Å². The number of carbonyl (C=O) groups excluding carboxylic acids is 1. The fourth-order valence-electron chi connectivity index (χ4n) is 2.91. The number of benzene rings is 2. The molecule has 3 aromatic rings. The predicted octanol–water partition coefficient (Wildman–Crippen LogP) is 7.24. The van der Waals surface area contributed by atoms with E-state index in [1.54, 1.807) is 22.9 Å². The summed E-state index contributed by atoms with van der Waals surface area (Å²) in [4.78, 5) is 12.0. The number of ether oxygens (including phenoxy) is 2. The van der Waals surface area contributed by atoms with Crippen LogP contribution in [0.4, 0.5) is 10.6 Å². The maximum atomic E-state index is 12.0. The Kier molecular flexibility index (Phi) is 7.75. The van der Waals surface area contributed by atoms with Crippen molar-refractivity contribution < 1.29 is 14.3 Å². The minimum absolute atomic E-state index is 0.300. The summed E-state index contributed by atoms with van der Waals surface area (Å²) in [5, 5.41) is 8.29. The highest BCUT2D eigenvalue weighted by Crippen LogP contribution is 2.28. The van der Waals surface area contributed by atoms with Crippen LogP contribution in [0.1, 0.15) is 37.6 Å². The number of amides is 1. The molecule has 1 aromatic heterocycles. The average molecular weight is 541 g/mol. The number of nitrogens with zero attached hydrogens (tertiary/aromatic N) is 2. The molecule has 0 saturated heterocycles. The van der Waals surface area contributed by atoms with Crippen LogP contribution in [0.5, 0.6) is 5.75 Å². The summed E-state index contributed by atoms with van der Waals surface area (Å²) in [6.45, 7) is 8.09. The fraction of sp³-hybridized carbons (Fsp3) is 0.304. The van der Waals surface area contributed by atoms with Crippen LogP contribution < -0.4 is 10.1 Å². The number of aryl methyl sites for hydroxylation is 1. The topological polar surface area (TPSA) is 65.4 Å². The van der Waals surface area contributed by atoms with Gasteiger partial charge in [-0.15, -0.1) is 0 Å². The molecule has 1 N–H and O–H groups in total. The lowest BCUT2D eigenvalue weighted by Gasteiger charge is -2.19. The Bertz CT molecular complexity index is 1130. The molecule has 32 heavy (non-hydrogen) atoms. The van der Waals surface area contributed by atoms with Crippen molar-refractivity contribution in [3.8, 4) is 5.75 Å². The molecule has 6 nitrogen and oxygen atoms in total. The van der Waals surface area contributed by atoms with Gasteiger partial charge < -0.3 is 9.47 Å². The molecular formula is C23H24BrCl2N3O3. The van der Waals surface area contributed by atoms with Gasteiger partial charge in [-0.05, 0) is 58.0 Å². The zero-order valence-corrected chi connectivity index (χ0v) is 21.3. The summed E-state index contributed by atoms with van der Waals surface area (Å²) < 4.78 is 14.1. The first-order valence-electron chi connectivity index (χ1n) is 9.90. The zero-order chi connectivity index (χ0) is 23.5. The van der Waals surface area contributed by atoms with E-state index in [2.05, 4.69) is 26.3 Å². The Hall–Kier alpha value is -2.22. The summed E-state index contributed by atoms with van der Waals surface area (Å²) in [7, 11) is 0. The van der Waals surface area contributed by atoms with E-state index in [1.807, 2.05) is 52.0 Å². The van der Waals surface area contributed by atoms with Crippen molar-refractivity contribution >= 4 is 51.0 Å². The number of hydrogen-bond donors (Lipinski definition) is 1. The maximum absolute atomic E-state index is 12.0. The van der Waals surface area contributed by atoms with E-state index < -0.39 is 11.7 Å². The summed E-state index contributed by atoms with van der Waals surface area (Å²) in [5.74, 6) is 1.12. The van der Waals surface area contributed by atoms with Crippen molar-refractivity contribution in [3.63, 3.8) is 0 Å². The molecule has 0 aliphatic carbocycles. The zero-order valence-electron chi connectivity index (χ0n) is 18.2.